The van der Waals surface area contributed by atoms with Crippen LogP contribution in [0.25, 0.3) is 0 Å². The molecule has 0 radical (unpaired) electrons. The number of hydrogen-bond acceptors (Lipinski definition) is 3. The molecule has 142 valence electrons. The first-order chi connectivity index (χ1) is 13.6. The Morgan fingerprint density at radius 1 is 0.786 bits per heavy atom. The summed E-state index contributed by atoms with van der Waals surface area (Å²) >= 11 is 0. The second kappa shape index (κ2) is 9.09. The van der Waals surface area contributed by atoms with Crippen LogP contribution in [0.4, 0.5) is 4.39 Å². The molecular weight excluding hydrogens is 355 g/mol. The number of ketones is 2. The fraction of sp³-hybridized carbons (Fsp3) is 0.167. The van der Waals surface area contributed by atoms with E-state index in [4.69, 9.17) is 4.74 Å². The molecule has 0 spiro atoms. The average molecular weight is 376 g/mol. The highest BCUT2D eigenvalue weighted by molar-refractivity contribution is 5.99. The largest absolute Gasteiger partial charge is 0.497 e. The van der Waals surface area contributed by atoms with E-state index in [1.165, 1.54) is 24.3 Å². The van der Waals surface area contributed by atoms with Crippen LogP contribution in [0.3, 0.4) is 0 Å². The van der Waals surface area contributed by atoms with Crippen LogP contribution in [-0.4, -0.2) is 18.7 Å². The van der Waals surface area contributed by atoms with Crippen molar-refractivity contribution < 1.29 is 18.7 Å². The van der Waals surface area contributed by atoms with Gasteiger partial charge in [-0.3, -0.25) is 9.59 Å². The zero-order chi connectivity index (χ0) is 19.9. The number of benzene rings is 3. The number of halogens is 1. The first-order valence-corrected chi connectivity index (χ1v) is 9.08. The minimum atomic E-state index is -0.383. The monoisotopic (exact) mass is 376 g/mol. The predicted molar refractivity (Wildman–Crippen MR) is 106 cm³/mol. The first-order valence-electron chi connectivity index (χ1n) is 9.08. The van der Waals surface area contributed by atoms with Gasteiger partial charge < -0.3 is 4.74 Å². The van der Waals surface area contributed by atoms with Crippen molar-refractivity contribution in [3.05, 3.63) is 101 Å². The molecule has 0 heterocycles. The SMILES string of the molecule is COc1ccc(C(=O)CC(CC(=O)c2ccc(F)cc2)c2ccccc2)cc1. The highest BCUT2D eigenvalue weighted by Crippen LogP contribution is 2.27. The molecule has 3 aromatic rings. The van der Waals surface area contributed by atoms with Crippen molar-refractivity contribution in [3.63, 3.8) is 0 Å². The van der Waals surface area contributed by atoms with Crippen LogP contribution < -0.4 is 4.74 Å². The third-order valence-electron chi connectivity index (χ3n) is 4.71. The van der Waals surface area contributed by atoms with Crippen LogP contribution in [0.15, 0.2) is 78.9 Å². The molecule has 1 unspecified atom stereocenters. The third kappa shape index (κ3) is 4.92. The summed E-state index contributed by atoms with van der Waals surface area (Å²) < 4.78 is 18.3. The lowest BCUT2D eigenvalue weighted by atomic mass is 9.86. The predicted octanol–water partition coefficient (Wildman–Crippen LogP) is 5.46. The summed E-state index contributed by atoms with van der Waals surface area (Å²) in [6.45, 7) is 0. The topological polar surface area (TPSA) is 43.4 Å². The molecule has 0 aromatic heterocycles. The van der Waals surface area contributed by atoms with Crippen LogP contribution >= 0.6 is 0 Å². The molecule has 0 amide bonds. The number of Topliss-reactive ketones (excluding diaryl/α,β-unsaturated/α-hetero) is 2. The lowest BCUT2D eigenvalue weighted by molar-refractivity contribution is 0.0944. The zero-order valence-electron chi connectivity index (χ0n) is 15.6. The molecular formula is C24H21FO3. The van der Waals surface area contributed by atoms with Crippen molar-refractivity contribution in [2.75, 3.05) is 7.11 Å². The van der Waals surface area contributed by atoms with Crippen molar-refractivity contribution in [3.8, 4) is 5.75 Å². The normalized spacial score (nSPS) is 11.6. The van der Waals surface area contributed by atoms with E-state index in [0.717, 1.165) is 5.56 Å². The summed E-state index contributed by atoms with van der Waals surface area (Å²) in [6, 6.07) is 22.0. The minimum absolute atomic E-state index is 0.0385. The summed E-state index contributed by atoms with van der Waals surface area (Å²) in [5, 5.41) is 0. The number of ether oxygens (including phenoxy) is 1. The Morgan fingerprint density at radius 3 is 1.79 bits per heavy atom. The molecule has 3 nitrogen and oxygen atoms in total. The van der Waals surface area contributed by atoms with E-state index in [0.29, 0.717) is 16.9 Å². The van der Waals surface area contributed by atoms with Crippen LogP contribution in [0.1, 0.15) is 45.0 Å². The number of methoxy groups -OCH3 is 1. The molecule has 0 fully saturated rings. The maximum absolute atomic E-state index is 13.1. The molecule has 28 heavy (non-hydrogen) atoms. The molecule has 0 aliphatic rings. The molecule has 0 saturated heterocycles. The van der Waals surface area contributed by atoms with Gasteiger partial charge >= 0.3 is 0 Å². The Bertz CT molecular complexity index is 932. The standard InChI is InChI=1S/C24H21FO3/c1-28-22-13-9-19(10-14-22)24(27)16-20(17-5-3-2-4-6-17)15-23(26)18-7-11-21(25)12-8-18/h2-14,20H,15-16H2,1H3. The maximum Gasteiger partial charge on any atom is 0.163 e. The molecule has 4 heteroatoms. The molecule has 3 aromatic carbocycles. The highest BCUT2D eigenvalue weighted by Gasteiger charge is 2.21. The van der Waals surface area contributed by atoms with E-state index >= 15 is 0 Å². The highest BCUT2D eigenvalue weighted by atomic mass is 19.1. The summed E-state index contributed by atoms with van der Waals surface area (Å²) in [4.78, 5) is 25.5. The number of hydrogen-bond donors (Lipinski definition) is 0. The van der Waals surface area contributed by atoms with Crippen molar-refractivity contribution in [1.82, 2.24) is 0 Å². The number of carbonyl (C=O) groups is 2. The quantitative estimate of drug-likeness (QED) is 0.490. The molecule has 0 N–H and O–H groups in total. The fourth-order valence-electron chi connectivity index (χ4n) is 3.13. The molecule has 0 saturated carbocycles. The van der Waals surface area contributed by atoms with E-state index in [2.05, 4.69) is 0 Å². The summed E-state index contributed by atoms with van der Waals surface area (Å²) in [5.74, 6) is -0.110. The average Bonchev–Trinajstić information content (AvgIpc) is 2.74. The van der Waals surface area contributed by atoms with Crippen molar-refractivity contribution >= 4 is 11.6 Å². The number of rotatable bonds is 8. The van der Waals surface area contributed by atoms with Crippen LogP contribution in [-0.2, 0) is 0 Å². The van der Waals surface area contributed by atoms with E-state index in [1.807, 2.05) is 30.3 Å². The minimum Gasteiger partial charge on any atom is -0.497 e. The Morgan fingerprint density at radius 2 is 1.29 bits per heavy atom. The summed E-state index contributed by atoms with van der Waals surface area (Å²) in [6.07, 6.45) is 0.390. The van der Waals surface area contributed by atoms with Gasteiger partial charge in [0.15, 0.2) is 11.6 Å². The van der Waals surface area contributed by atoms with Gasteiger partial charge in [0.25, 0.3) is 0 Å². The zero-order valence-corrected chi connectivity index (χ0v) is 15.6. The molecule has 0 aliphatic carbocycles. The molecule has 3 rings (SSSR count). The Hall–Kier alpha value is -3.27. The van der Waals surface area contributed by atoms with Gasteiger partial charge in [-0.15, -0.1) is 0 Å². The number of carbonyl (C=O) groups excluding carboxylic acids is 2. The van der Waals surface area contributed by atoms with Gasteiger partial charge in [0.1, 0.15) is 11.6 Å². The van der Waals surface area contributed by atoms with Crippen LogP contribution in [0.2, 0.25) is 0 Å². The summed E-state index contributed by atoms with van der Waals surface area (Å²) in [7, 11) is 1.57. The van der Waals surface area contributed by atoms with Gasteiger partial charge in [0, 0.05) is 24.0 Å². The maximum atomic E-state index is 13.1. The van der Waals surface area contributed by atoms with E-state index < -0.39 is 0 Å². The second-order valence-corrected chi connectivity index (χ2v) is 6.60. The van der Waals surface area contributed by atoms with Gasteiger partial charge in [-0.25, -0.2) is 4.39 Å². The van der Waals surface area contributed by atoms with Crippen LogP contribution in [0, 0.1) is 5.82 Å². The smallest absolute Gasteiger partial charge is 0.163 e. The first kappa shape index (κ1) is 19.5. The van der Waals surface area contributed by atoms with Crippen LogP contribution in [0.5, 0.6) is 5.75 Å². The Balaban J connectivity index is 1.79. The van der Waals surface area contributed by atoms with Gasteiger partial charge in [-0.2, -0.15) is 0 Å². The van der Waals surface area contributed by atoms with E-state index in [-0.39, 0.29) is 36.1 Å². The lowest BCUT2D eigenvalue weighted by Crippen LogP contribution is -2.13. The van der Waals surface area contributed by atoms with Gasteiger partial charge in [0.2, 0.25) is 0 Å². The van der Waals surface area contributed by atoms with Gasteiger partial charge in [-0.1, -0.05) is 30.3 Å². The molecule has 1 atom stereocenters. The molecule has 0 aliphatic heterocycles. The van der Waals surface area contributed by atoms with Gasteiger partial charge in [0.05, 0.1) is 7.11 Å². The Labute approximate surface area is 163 Å². The van der Waals surface area contributed by atoms with E-state index in [9.17, 15) is 14.0 Å². The van der Waals surface area contributed by atoms with Crippen molar-refractivity contribution in [1.29, 1.82) is 0 Å². The Kier molecular flexibility index (Phi) is 6.33. The van der Waals surface area contributed by atoms with E-state index in [1.54, 1.807) is 31.4 Å². The third-order valence-corrected chi connectivity index (χ3v) is 4.71. The fourth-order valence-corrected chi connectivity index (χ4v) is 3.13. The molecule has 0 bridgehead atoms. The van der Waals surface area contributed by atoms with Crippen molar-refractivity contribution in [2.24, 2.45) is 0 Å². The van der Waals surface area contributed by atoms with Crippen molar-refractivity contribution in [2.45, 2.75) is 18.8 Å². The summed E-state index contributed by atoms with van der Waals surface area (Å²) in [5.41, 5.74) is 1.95. The second-order valence-electron chi connectivity index (χ2n) is 6.60. The lowest BCUT2D eigenvalue weighted by Gasteiger charge is -2.16. The van der Waals surface area contributed by atoms with Gasteiger partial charge in [-0.05, 0) is 60.0 Å².